The summed E-state index contributed by atoms with van der Waals surface area (Å²) in [6, 6.07) is 4.05. The summed E-state index contributed by atoms with van der Waals surface area (Å²) in [6.07, 6.45) is 1.67. The molecule has 1 heterocycles. The third-order valence-corrected chi connectivity index (χ3v) is 3.95. The van der Waals surface area contributed by atoms with Gasteiger partial charge in [-0.15, -0.1) is 0 Å². The van der Waals surface area contributed by atoms with Gasteiger partial charge in [0.05, 0.1) is 11.6 Å². The van der Waals surface area contributed by atoms with Crippen LogP contribution < -0.4 is 5.32 Å². The molecule has 0 aromatic heterocycles. The molecule has 0 saturated carbocycles. The first kappa shape index (κ1) is 16.7. The number of carboxylic acid groups (broad SMARTS) is 1. The van der Waals surface area contributed by atoms with E-state index in [1.807, 2.05) is 4.90 Å². The highest BCUT2D eigenvalue weighted by Crippen LogP contribution is 2.20. The molecule has 5 nitrogen and oxygen atoms in total. The predicted molar refractivity (Wildman–Crippen MR) is 81.5 cm³/mol. The molecule has 22 heavy (non-hydrogen) atoms. The second kappa shape index (κ2) is 7.56. The zero-order chi connectivity index (χ0) is 16.1. The van der Waals surface area contributed by atoms with Crippen molar-refractivity contribution < 1.29 is 19.1 Å². The smallest absolute Gasteiger partial charge is 0.307 e. The SMILES string of the molecule is O=C(CCN1CCCC(C(=O)O)C1)Nc1ccc(Cl)cc1F. The number of piperidine rings is 1. The summed E-state index contributed by atoms with van der Waals surface area (Å²) >= 11 is 5.65. The first-order chi connectivity index (χ1) is 10.5. The largest absolute Gasteiger partial charge is 0.481 e. The second-order valence-corrected chi connectivity index (χ2v) is 5.84. The molecule has 1 aromatic carbocycles. The first-order valence-corrected chi connectivity index (χ1v) is 7.53. The van der Waals surface area contributed by atoms with Crippen molar-refractivity contribution in [3.05, 3.63) is 29.0 Å². The van der Waals surface area contributed by atoms with Gasteiger partial charge >= 0.3 is 5.97 Å². The number of benzene rings is 1. The van der Waals surface area contributed by atoms with Gasteiger partial charge in [-0.2, -0.15) is 0 Å². The zero-order valence-corrected chi connectivity index (χ0v) is 12.8. The van der Waals surface area contributed by atoms with Crippen LogP contribution in [0.3, 0.4) is 0 Å². The van der Waals surface area contributed by atoms with Crippen LogP contribution in [-0.2, 0) is 9.59 Å². The number of carboxylic acids is 1. The Morgan fingerprint density at radius 2 is 2.23 bits per heavy atom. The van der Waals surface area contributed by atoms with E-state index in [1.165, 1.54) is 12.1 Å². The highest BCUT2D eigenvalue weighted by atomic mass is 35.5. The molecular weight excluding hydrogens is 311 g/mol. The Labute approximate surface area is 133 Å². The minimum Gasteiger partial charge on any atom is -0.481 e. The van der Waals surface area contributed by atoms with Crippen molar-refractivity contribution >= 4 is 29.2 Å². The summed E-state index contributed by atoms with van der Waals surface area (Å²) in [5, 5.41) is 11.8. The van der Waals surface area contributed by atoms with Crippen LogP contribution in [0, 0.1) is 11.7 Å². The van der Waals surface area contributed by atoms with Crippen molar-refractivity contribution in [2.75, 3.05) is 25.0 Å². The van der Waals surface area contributed by atoms with Crippen molar-refractivity contribution in [1.29, 1.82) is 0 Å². The standard InChI is InChI=1S/C15H18ClFN2O3/c16-11-3-4-13(12(17)8-11)18-14(20)5-7-19-6-1-2-10(9-19)15(21)22/h3-4,8,10H,1-2,5-7,9H2,(H,18,20)(H,21,22). The number of hydrogen-bond acceptors (Lipinski definition) is 3. The lowest BCUT2D eigenvalue weighted by molar-refractivity contribution is -0.143. The van der Waals surface area contributed by atoms with E-state index in [-0.39, 0.29) is 29.0 Å². The summed E-state index contributed by atoms with van der Waals surface area (Å²) in [7, 11) is 0. The van der Waals surface area contributed by atoms with Gasteiger partial charge in [-0.1, -0.05) is 11.6 Å². The number of rotatable bonds is 5. The van der Waals surface area contributed by atoms with Crippen LogP contribution in [0.5, 0.6) is 0 Å². The highest BCUT2D eigenvalue weighted by Gasteiger charge is 2.25. The van der Waals surface area contributed by atoms with Crippen molar-refractivity contribution in [2.45, 2.75) is 19.3 Å². The Morgan fingerprint density at radius 1 is 1.45 bits per heavy atom. The number of aliphatic carboxylic acids is 1. The van der Waals surface area contributed by atoms with Gasteiger partial charge < -0.3 is 15.3 Å². The van der Waals surface area contributed by atoms with Crippen LogP contribution >= 0.6 is 11.6 Å². The number of carbonyl (C=O) groups is 2. The van der Waals surface area contributed by atoms with Crippen LogP contribution in [0.15, 0.2) is 18.2 Å². The Kier molecular flexibility index (Phi) is 5.74. The highest BCUT2D eigenvalue weighted by molar-refractivity contribution is 6.30. The molecule has 1 aliphatic heterocycles. The number of nitrogens with zero attached hydrogens (tertiary/aromatic N) is 1. The van der Waals surface area contributed by atoms with Crippen LogP contribution in [-0.4, -0.2) is 41.5 Å². The number of anilines is 1. The molecular formula is C15H18ClFN2O3. The topological polar surface area (TPSA) is 69.6 Å². The number of halogens is 2. The fraction of sp³-hybridized carbons (Fsp3) is 0.467. The molecule has 1 unspecified atom stereocenters. The van der Waals surface area contributed by atoms with Gasteiger partial charge in [0, 0.05) is 24.5 Å². The molecule has 2 rings (SSSR count). The molecule has 0 spiro atoms. The molecule has 1 aromatic rings. The van der Waals surface area contributed by atoms with Gasteiger partial charge in [0.2, 0.25) is 5.91 Å². The maximum atomic E-state index is 13.6. The Bertz CT molecular complexity index is 568. The van der Waals surface area contributed by atoms with Gasteiger partial charge in [0.1, 0.15) is 5.82 Å². The molecule has 1 atom stereocenters. The molecule has 2 N–H and O–H groups in total. The van der Waals surface area contributed by atoms with Crippen LogP contribution in [0.2, 0.25) is 5.02 Å². The van der Waals surface area contributed by atoms with Crippen LogP contribution in [0.4, 0.5) is 10.1 Å². The molecule has 1 aliphatic rings. The number of amides is 1. The van der Waals surface area contributed by atoms with E-state index in [1.54, 1.807) is 0 Å². The summed E-state index contributed by atoms with van der Waals surface area (Å²) in [5.41, 5.74) is 0.0939. The van der Waals surface area contributed by atoms with Gasteiger partial charge in [0.25, 0.3) is 0 Å². The summed E-state index contributed by atoms with van der Waals surface area (Å²) in [6.45, 7) is 1.70. The summed E-state index contributed by atoms with van der Waals surface area (Å²) in [4.78, 5) is 24.8. The number of carbonyl (C=O) groups excluding carboxylic acids is 1. The van der Waals surface area contributed by atoms with E-state index < -0.39 is 11.8 Å². The number of hydrogen-bond donors (Lipinski definition) is 2. The van der Waals surface area contributed by atoms with Crippen molar-refractivity contribution in [1.82, 2.24) is 4.90 Å². The van der Waals surface area contributed by atoms with E-state index >= 15 is 0 Å². The Morgan fingerprint density at radius 3 is 2.91 bits per heavy atom. The van der Waals surface area contributed by atoms with E-state index in [0.717, 1.165) is 19.0 Å². The lowest BCUT2D eigenvalue weighted by atomic mass is 9.98. The fourth-order valence-corrected chi connectivity index (χ4v) is 2.68. The van der Waals surface area contributed by atoms with Gasteiger partial charge in [-0.25, -0.2) is 4.39 Å². The molecule has 7 heteroatoms. The van der Waals surface area contributed by atoms with Crippen molar-refractivity contribution in [3.63, 3.8) is 0 Å². The van der Waals surface area contributed by atoms with E-state index in [9.17, 15) is 14.0 Å². The van der Waals surface area contributed by atoms with E-state index in [0.29, 0.717) is 19.5 Å². The van der Waals surface area contributed by atoms with Crippen molar-refractivity contribution in [3.8, 4) is 0 Å². The number of likely N-dealkylation sites (tertiary alicyclic amines) is 1. The van der Waals surface area contributed by atoms with E-state index in [2.05, 4.69) is 5.32 Å². The van der Waals surface area contributed by atoms with Crippen molar-refractivity contribution in [2.24, 2.45) is 5.92 Å². The molecule has 120 valence electrons. The fourth-order valence-electron chi connectivity index (χ4n) is 2.52. The second-order valence-electron chi connectivity index (χ2n) is 5.40. The van der Waals surface area contributed by atoms with Gasteiger partial charge in [-0.05, 0) is 37.6 Å². The first-order valence-electron chi connectivity index (χ1n) is 7.16. The summed E-state index contributed by atoms with van der Waals surface area (Å²) in [5.74, 6) is -2.05. The maximum absolute atomic E-state index is 13.6. The monoisotopic (exact) mass is 328 g/mol. The number of nitrogens with one attached hydrogen (secondary N) is 1. The molecule has 0 radical (unpaired) electrons. The lowest BCUT2D eigenvalue weighted by Gasteiger charge is -2.30. The molecule has 0 bridgehead atoms. The normalized spacial score (nSPS) is 18.9. The Hall–Kier alpha value is -1.66. The van der Waals surface area contributed by atoms with Gasteiger partial charge in [0.15, 0.2) is 0 Å². The third kappa shape index (κ3) is 4.68. The van der Waals surface area contributed by atoms with Crippen LogP contribution in [0.25, 0.3) is 0 Å². The van der Waals surface area contributed by atoms with Crippen LogP contribution in [0.1, 0.15) is 19.3 Å². The Balaban J connectivity index is 1.81. The maximum Gasteiger partial charge on any atom is 0.307 e. The average molecular weight is 329 g/mol. The van der Waals surface area contributed by atoms with E-state index in [4.69, 9.17) is 16.7 Å². The van der Waals surface area contributed by atoms with Gasteiger partial charge in [-0.3, -0.25) is 9.59 Å². The molecule has 0 aliphatic carbocycles. The minimum atomic E-state index is -0.794. The third-order valence-electron chi connectivity index (χ3n) is 3.72. The summed E-state index contributed by atoms with van der Waals surface area (Å²) < 4.78 is 13.6. The lowest BCUT2D eigenvalue weighted by Crippen LogP contribution is -2.40. The molecule has 1 saturated heterocycles. The quantitative estimate of drug-likeness (QED) is 0.871. The molecule has 1 amide bonds. The average Bonchev–Trinajstić information content (AvgIpc) is 2.48. The minimum absolute atomic E-state index is 0.0939. The molecule has 1 fully saturated rings. The predicted octanol–water partition coefficient (Wildman–Crippen LogP) is 2.60. The zero-order valence-electron chi connectivity index (χ0n) is 12.0.